The van der Waals surface area contributed by atoms with Crippen LogP contribution in [-0.4, -0.2) is 6.54 Å². The van der Waals surface area contributed by atoms with Crippen LogP contribution in [0.3, 0.4) is 0 Å². The highest BCUT2D eigenvalue weighted by atomic mass is 35.5. The lowest BCUT2D eigenvalue weighted by molar-refractivity contribution is 0.156. The molecule has 96 valence electrons. The molecule has 1 aromatic carbocycles. The van der Waals surface area contributed by atoms with E-state index in [-0.39, 0.29) is 18.2 Å². The zero-order chi connectivity index (χ0) is 11.6. The average Bonchev–Trinajstić information content (AvgIpc) is 2.20. The van der Waals surface area contributed by atoms with Gasteiger partial charge in [-0.3, -0.25) is 0 Å². The fraction of sp³-hybridized carbons (Fsp3) is 0.538. The van der Waals surface area contributed by atoms with Gasteiger partial charge in [-0.15, -0.1) is 12.4 Å². The molecule has 0 saturated heterocycles. The molecule has 1 N–H and O–H groups in total. The van der Waals surface area contributed by atoms with E-state index < -0.39 is 0 Å². The molecule has 0 heterocycles. The van der Waals surface area contributed by atoms with Crippen molar-refractivity contribution in [3.8, 4) is 0 Å². The van der Waals surface area contributed by atoms with Gasteiger partial charge in [-0.1, -0.05) is 31.0 Å². The predicted molar refractivity (Wildman–Crippen MR) is 72.3 cm³/mol. The highest BCUT2D eigenvalue weighted by Crippen LogP contribution is 2.39. The van der Waals surface area contributed by atoms with Crippen LogP contribution in [0.15, 0.2) is 18.2 Å². The Morgan fingerprint density at radius 3 is 2.65 bits per heavy atom. The molecular weight excluding hydrogens is 260 g/mol. The van der Waals surface area contributed by atoms with Gasteiger partial charge in [-0.2, -0.15) is 0 Å². The smallest absolute Gasteiger partial charge is 0.129 e. The molecule has 0 amide bonds. The van der Waals surface area contributed by atoms with Gasteiger partial charge in [0.15, 0.2) is 0 Å². The normalized spacial score (nSPS) is 17.1. The van der Waals surface area contributed by atoms with Crippen LogP contribution < -0.4 is 5.32 Å². The predicted octanol–water partition coefficient (Wildman–Crippen LogP) is 4.18. The number of hydrogen-bond donors (Lipinski definition) is 1. The Morgan fingerprint density at radius 1 is 1.41 bits per heavy atom. The first-order valence-corrected chi connectivity index (χ1v) is 6.12. The maximum atomic E-state index is 13.4. The lowest BCUT2D eigenvalue weighted by Crippen LogP contribution is -2.37. The molecule has 17 heavy (non-hydrogen) atoms. The molecule has 1 fully saturated rings. The van der Waals surface area contributed by atoms with E-state index in [1.807, 2.05) is 0 Å². The minimum atomic E-state index is -0.223. The molecule has 0 radical (unpaired) electrons. The molecule has 0 aliphatic heterocycles. The van der Waals surface area contributed by atoms with Gasteiger partial charge >= 0.3 is 0 Å². The fourth-order valence-corrected chi connectivity index (χ4v) is 2.38. The number of halogens is 3. The number of hydrogen-bond acceptors (Lipinski definition) is 1. The second-order valence-electron chi connectivity index (χ2n) is 4.97. The summed E-state index contributed by atoms with van der Waals surface area (Å²) in [7, 11) is 0. The van der Waals surface area contributed by atoms with Gasteiger partial charge in [-0.25, -0.2) is 4.39 Å². The molecule has 0 atom stereocenters. The first-order chi connectivity index (χ1) is 7.61. The van der Waals surface area contributed by atoms with Crippen LogP contribution >= 0.6 is 24.0 Å². The van der Waals surface area contributed by atoms with E-state index in [0.29, 0.717) is 22.5 Å². The molecule has 0 aromatic heterocycles. The Bertz CT molecular complexity index is 357. The Morgan fingerprint density at radius 2 is 2.12 bits per heavy atom. The molecule has 0 spiro atoms. The van der Waals surface area contributed by atoms with Crippen LogP contribution in [0.25, 0.3) is 0 Å². The van der Waals surface area contributed by atoms with Crippen molar-refractivity contribution in [1.82, 2.24) is 5.32 Å². The van der Waals surface area contributed by atoms with E-state index in [2.05, 4.69) is 12.2 Å². The molecular formula is C13H18Cl2FN. The summed E-state index contributed by atoms with van der Waals surface area (Å²) in [5.41, 5.74) is 0.990. The molecule has 0 bridgehead atoms. The van der Waals surface area contributed by atoms with Gasteiger partial charge in [-0.05, 0) is 30.4 Å². The van der Waals surface area contributed by atoms with Gasteiger partial charge in [0.25, 0.3) is 0 Å². The fourth-order valence-electron chi connectivity index (χ4n) is 2.15. The van der Waals surface area contributed by atoms with E-state index in [0.717, 1.165) is 6.54 Å². The Kier molecular flexibility index (Phi) is 5.23. The number of rotatable bonds is 4. The topological polar surface area (TPSA) is 12.0 Å². The van der Waals surface area contributed by atoms with Crippen LogP contribution in [0, 0.1) is 11.2 Å². The molecule has 0 unspecified atom stereocenters. The second kappa shape index (κ2) is 6.03. The SMILES string of the molecule is CC1(CNCc2c(F)cccc2Cl)CCC1.Cl. The standard InChI is InChI=1S/C13H17ClFN.ClH/c1-13(6-3-7-13)9-16-8-10-11(14)4-2-5-12(10)15;/h2,4-5,16H,3,6-9H2,1H3;1H. The van der Waals surface area contributed by atoms with Gasteiger partial charge in [0.05, 0.1) is 0 Å². The maximum absolute atomic E-state index is 13.4. The van der Waals surface area contributed by atoms with E-state index >= 15 is 0 Å². The molecule has 4 heteroatoms. The van der Waals surface area contributed by atoms with Crippen molar-refractivity contribution in [3.05, 3.63) is 34.6 Å². The average molecular weight is 278 g/mol. The number of benzene rings is 1. The monoisotopic (exact) mass is 277 g/mol. The van der Waals surface area contributed by atoms with Gasteiger partial charge in [0, 0.05) is 23.7 Å². The van der Waals surface area contributed by atoms with Crippen LogP contribution in [0.2, 0.25) is 5.02 Å². The van der Waals surface area contributed by atoms with E-state index in [9.17, 15) is 4.39 Å². The van der Waals surface area contributed by atoms with Crippen molar-refractivity contribution in [2.24, 2.45) is 5.41 Å². The van der Waals surface area contributed by atoms with Crippen molar-refractivity contribution in [2.45, 2.75) is 32.7 Å². The summed E-state index contributed by atoms with van der Waals surface area (Å²) in [6.45, 7) is 3.73. The highest BCUT2D eigenvalue weighted by molar-refractivity contribution is 6.31. The Labute approximate surface area is 113 Å². The number of nitrogens with one attached hydrogen (secondary N) is 1. The lowest BCUT2D eigenvalue weighted by Gasteiger charge is -2.38. The van der Waals surface area contributed by atoms with Crippen molar-refractivity contribution in [2.75, 3.05) is 6.54 Å². The minimum Gasteiger partial charge on any atom is -0.312 e. The largest absolute Gasteiger partial charge is 0.312 e. The van der Waals surface area contributed by atoms with Gasteiger partial charge in [0.1, 0.15) is 5.82 Å². The van der Waals surface area contributed by atoms with Crippen LogP contribution in [0.4, 0.5) is 4.39 Å². The van der Waals surface area contributed by atoms with Crippen molar-refractivity contribution >= 4 is 24.0 Å². The van der Waals surface area contributed by atoms with Crippen LogP contribution in [0.1, 0.15) is 31.7 Å². The van der Waals surface area contributed by atoms with E-state index in [1.54, 1.807) is 12.1 Å². The summed E-state index contributed by atoms with van der Waals surface area (Å²) < 4.78 is 13.4. The summed E-state index contributed by atoms with van der Waals surface area (Å²) in [6, 6.07) is 4.81. The second-order valence-corrected chi connectivity index (χ2v) is 5.38. The van der Waals surface area contributed by atoms with Crippen molar-refractivity contribution in [1.29, 1.82) is 0 Å². The summed E-state index contributed by atoms with van der Waals surface area (Å²) in [5.74, 6) is -0.223. The third-order valence-corrected chi connectivity index (χ3v) is 3.83. The summed E-state index contributed by atoms with van der Waals surface area (Å²) in [5, 5.41) is 3.81. The summed E-state index contributed by atoms with van der Waals surface area (Å²) in [4.78, 5) is 0. The van der Waals surface area contributed by atoms with E-state index in [4.69, 9.17) is 11.6 Å². The maximum Gasteiger partial charge on any atom is 0.129 e. The van der Waals surface area contributed by atoms with Gasteiger partial charge < -0.3 is 5.32 Å². The third-order valence-electron chi connectivity index (χ3n) is 3.48. The first kappa shape index (κ1) is 14.7. The summed E-state index contributed by atoms with van der Waals surface area (Å²) >= 11 is 5.95. The Balaban J connectivity index is 0.00000144. The zero-order valence-electron chi connectivity index (χ0n) is 9.93. The van der Waals surface area contributed by atoms with Crippen LogP contribution in [0.5, 0.6) is 0 Å². The van der Waals surface area contributed by atoms with Crippen molar-refractivity contribution in [3.63, 3.8) is 0 Å². The lowest BCUT2D eigenvalue weighted by atomic mass is 9.70. The van der Waals surface area contributed by atoms with E-state index in [1.165, 1.54) is 25.3 Å². The molecule has 1 saturated carbocycles. The molecule has 1 aliphatic rings. The molecule has 1 nitrogen and oxygen atoms in total. The molecule has 1 aliphatic carbocycles. The first-order valence-electron chi connectivity index (χ1n) is 5.74. The third kappa shape index (κ3) is 3.57. The zero-order valence-corrected chi connectivity index (χ0v) is 11.5. The van der Waals surface area contributed by atoms with Crippen LogP contribution in [-0.2, 0) is 6.54 Å². The Hall–Kier alpha value is -0.310. The molecule has 1 aromatic rings. The quantitative estimate of drug-likeness (QED) is 0.871. The summed E-state index contributed by atoms with van der Waals surface area (Å²) in [6.07, 6.45) is 3.86. The van der Waals surface area contributed by atoms with Crippen molar-refractivity contribution < 1.29 is 4.39 Å². The highest BCUT2D eigenvalue weighted by Gasteiger charge is 2.30. The molecule has 2 rings (SSSR count). The van der Waals surface area contributed by atoms with Gasteiger partial charge in [0.2, 0.25) is 0 Å². The minimum absolute atomic E-state index is 0.